The van der Waals surface area contributed by atoms with Crippen LogP contribution in [0.15, 0.2) is 42.5 Å². The number of ether oxygens (including phenoxy) is 1. The molecule has 2 aromatic rings. The highest BCUT2D eigenvalue weighted by atomic mass is 16.5. The van der Waals surface area contributed by atoms with E-state index in [2.05, 4.69) is 37.4 Å². The number of aryl methyl sites for hydroxylation is 2. The summed E-state index contributed by atoms with van der Waals surface area (Å²) in [5.74, 6) is 0.876. The number of methoxy groups -OCH3 is 1. The van der Waals surface area contributed by atoms with Crippen LogP contribution in [-0.2, 0) is 6.42 Å². The Morgan fingerprint density at radius 3 is 2.39 bits per heavy atom. The average Bonchev–Trinajstić information content (AvgIpc) is 2.42. The van der Waals surface area contributed by atoms with Gasteiger partial charge in [-0.05, 0) is 48.7 Å². The zero-order valence-electron chi connectivity index (χ0n) is 11.2. The highest BCUT2D eigenvalue weighted by Gasteiger charge is 2.04. The number of benzene rings is 2. The Balaban J connectivity index is 2.27. The van der Waals surface area contributed by atoms with Gasteiger partial charge in [-0.15, -0.1) is 0 Å². The SMILES string of the molecule is CCc1cccc(C)c1Nc1ccc(OC)cc1. The molecule has 2 nitrogen and oxygen atoms in total. The molecule has 0 saturated heterocycles. The molecule has 0 aliphatic heterocycles. The molecule has 0 saturated carbocycles. The van der Waals surface area contributed by atoms with Gasteiger partial charge in [0.05, 0.1) is 7.11 Å². The third-order valence-electron chi connectivity index (χ3n) is 3.10. The van der Waals surface area contributed by atoms with Crippen LogP contribution in [0.5, 0.6) is 5.75 Å². The molecule has 0 spiro atoms. The number of anilines is 2. The smallest absolute Gasteiger partial charge is 0.119 e. The Hall–Kier alpha value is -1.96. The van der Waals surface area contributed by atoms with Crippen molar-refractivity contribution < 1.29 is 4.74 Å². The van der Waals surface area contributed by atoms with E-state index in [0.717, 1.165) is 17.9 Å². The number of rotatable bonds is 4. The summed E-state index contributed by atoms with van der Waals surface area (Å²) >= 11 is 0. The summed E-state index contributed by atoms with van der Waals surface area (Å²) in [5, 5.41) is 3.49. The predicted octanol–water partition coefficient (Wildman–Crippen LogP) is 4.31. The lowest BCUT2D eigenvalue weighted by Gasteiger charge is -2.14. The van der Waals surface area contributed by atoms with Crippen molar-refractivity contribution in [2.45, 2.75) is 20.3 Å². The van der Waals surface area contributed by atoms with E-state index >= 15 is 0 Å². The van der Waals surface area contributed by atoms with Gasteiger partial charge in [0.1, 0.15) is 5.75 Å². The Bertz CT molecular complexity index is 517. The molecule has 2 heteroatoms. The molecule has 0 bridgehead atoms. The van der Waals surface area contributed by atoms with Gasteiger partial charge >= 0.3 is 0 Å². The van der Waals surface area contributed by atoms with Crippen molar-refractivity contribution in [2.75, 3.05) is 12.4 Å². The molecule has 2 aromatic carbocycles. The number of hydrogen-bond acceptors (Lipinski definition) is 2. The third-order valence-corrected chi connectivity index (χ3v) is 3.10. The fourth-order valence-electron chi connectivity index (χ4n) is 2.02. The second-order valence-corrected chi connectivity index (χ2v) is 4.32. The zero-order valence-corrected chi connectivity index (χ0v) is 11.2. The Morgan fingerprint density at radius 2 is 1.78 bits per heavy atom. The van der Waals surface area contributed by atoms with E-state index in [1.54, 1.807) is 7.11 Å². The average molecular weight is 241 g/mol. The maximum absolute atomic E-state index is 5.16. The maximum Gasteiger partial charge on any atom is 0.119 e. The fraction of sp³-hybridized carbons (Fsp3) is 0.250. The molecule has 0 atom stereocenters. The number of para-hydroxylation sites is 1. The lowest BCUT2D eigenvalue weighted by molar-refractivity contribution is 0.415. The summed E-state index contributed by atoms with van der Waals surface area (Å²) in [6, 6.07) is 14.4. The molecule has 0 aliphatic carbocycles. The fourth-order valence-corrected chi connectivity index (χ4v) is 2.02. The predicted molar refractivity (Wildman–Crippen MR) is 76.8 cm³/mol. The summed E-state index contributed by atoms with van der Waals surface area (Å²) in [6.07, 6.45) is 1.03. The van der Waals surface area contributed by atoms with Crippen LogP contribution in [0.3, 0.4) is 0 Å². The first kappa shape index (κ1) is 12.5. The second-order valence-electron chi connectivity index (χ2n) is 4.32. The topological polar surface area (TPSA) is 21.3 Å². The van der Waals surface area contributed by atoms with E-state index in [0.29, 0.717) is 0 Å². The van der Waals surface area contributed by atoms with Gasteiger partial charge in [0, 0.05) is 11.4 Å². The molecule has 0 aromatic heterocycles. The van der Waals surface area contributed by atoms with Crippen molar-refractivity contribution in [3.05, 3.63) is 53.6 Å². The van der Waals surface area contributed by atoms with Crippen LogP contribution in [0.2, 0.25) is 0 Å². The van der Waals surface area contributed by atoms with E-state index in [-0.39, 0.29) is 0 Å². The van der Waals surface area contributed by atoms with E-state index < -0.39 is 0 Å². The summed E-state index contributed by atoms with van der Waals surface area (Å²) in [6.45, 7) is 4.30. The monoisotopic (exact) mass is 241 g/mol. The van der Waals surface area contributed by atoms with Crippen LogP contribution in [0.4, 0.5) is 11.4 Å². The van der Waals surface area contributed by atoms with Crippen LogP contribution in [0.1, 0.15) is 18.1 Å². The summed E-state index contributed by atoms with van der Waals surface area (Å²) in [7, 11) is 1.68. The van der Waals surface area contributed by atoms with Crippen molar-refractivity contribution in [2.24, 2.45) is 0 Å². The minimum absolute atomic E-state index is 0.876. The van der Waals surface area contributed by atoms with Crippen molar-refractivity contribution in [3.8, 4) is 5.75 Å². The minimum atomic E-state index is 0.876. The lowest BCUT2D eigenvalue weighted by atomic mass is 10.1. The summed E-state index contributed by atoms with van der Waals surface area (Å²) in [5.41, 5.74) is 4.90. The molecule has 0 unspecified atom stereocenters. The van der Waals surface area contributed by atoms with E-state index in [9.17, 15) is 0 Å². The molecule has 0 amide bonds. The summed E-state index contributed by atoms with van der Waals surface area (Å²) in [4.78, 5) is 0. The highest BCUT2D eigenvalue weighted by molar-refractivity contribution is 5.67. The highest BCUT2D eigenvalue weighted by Crippen LogP contribution is 2.26. The molecule has 0 heterocycles. The van der Waals surface area contributed by atoms with E-state index in [4.69, 9.17) is 4.74 Å². The van der Waals surface area contributed by atoms with Crippen LogP contribution in [0, 0.1) is 6.92 Å². The quantitative estimate of drug-likeness (QED) is 0.861. The molecule has 0 radical (unpaired) electrons. The first-order valence-electron chi connectivity index (χ1n) is 6.24. The molecular weight excluding hydrogens is 222 g/mol. The van der Waals surface area contributed by atoms with E-state index in [1.807, 2.05) is 24.3 Å². The number of hydrogen-bond donors (Lipinski definition) is 1. The van der Waals surface area contributed by atoms with Gasteiger partial charge in [-0.25, -0.2) is 0 Å². The Morgan fingerprint density at radius 1 is 1.06 bits per heavy atom. The molecule has 0 fully saturated rings. The molecule has 1 N–H and O–H groups in total. The van der Waals surface area contributed by atoms with E-state index in [1.165, 1.54) is 16.8 Å². The number of nitrogens with one attached hydrogen (secondary N) is 1. The lowest BCUT2D eigenvalue weighted by Crippen LogP contribution is -1.97. The Kier molecular flexibility index (Phi) is 3.88. The largest absolute Gasteiger partial charge is 0.497 e. The van der Waals surface area contributed by atoms with Crippen molar-refractivity contribution in [1.82, 2.24) is 0 Å². The minimum Gasteiger partial charge on any atom is -0.497 e. The molecule has 18 heavy (non-hydrogen) atoms. The third kappa shape index (κ3) is 2.65. The zero-order chi connectivity index (χ0) is 13.0. The molecular formula is C16H19NO. The van der Waals surface area contributed by atoms with Gasteiger partial charge in [0.25, 0.3) is 0 Å². The standard InChI is InChI=1S/C16H19NO/c1-4-13-7-5-6-12(2)16(13)17-14-8-10-15(18-3)11-9-14/h5-11,17H,4H2,1-3H3. The van der Waals surface area contributed by atoms with Gasteiger partial charge in [-0.2, -0.15) is 0 Å². The second kappa shape index (κ2) is 5.58. The van der Waals surface area contributed by atoms with Crippen molar-refractivity contribution in [1.29, 1.82) is 0 Å². The molecule has 94 valence electrons. The maximum atomic E-state index is 5.16. The van der Waals surface area contributed by atoms with Crippen molar-refractivity contribution >= 4 is 11.4 Å². The van der Waals surface area contributed by atoms with Crippen LogP contribution in [0.25, 0.3) is 0 Å². The van der Waals surface area contributed by atoms with Gasteiger partial charge < -0.3 is 10.1 Å². The first-order valence-corrected chi connectivity index (χ1v) is 6.24. The van der Waals surface area contributed by atoms with Gasteiger partial charge in [-0.3, -0.25) is 0 Å². The van der Waals surface area contributed by atoms with Crippen LogP contribution >= 0.6 is 0 Å². The molecule has 2 rings (SSSR count). The first-order chi connectivity index (χ1) is 8.74. The van der Waals surface area contributed by atoms with Gasteiger partial charge in [0.15, 0.2) is 0 Å². The Labute approximate surface area is 109 Å². The van der Waals surface area contributed by atoms with Crippen LogP contribution < -0.4 is 10.1 Å². The molecule has 0 aliphatic rings. The summed E-state index contributed by atoms with van der Waals surface area (Å²) < 4.78 is 5.16. The van der Waals surface area contributed by atoms with Crippen molar-refractivity contribution in [3.63, 3.8) is 0 Å². The van der Waals surface area contributed by atoms with Crippen LogP contribution in [-0.4, -0.2) is 7.11 Å². The van der Waals surface area contributed by atoms with Gasteiger partial charge in [0.2, 0.25) is 0 Å². The van der Waals surface area contributed by atoms with Gasteiger partial charge in [-0.1, -0.05) is 25.1 Å². The normalized spacial score (nSPS) is 10.2.